The maximum atomic E-state index is 6.58. The molecule has 0 aromatic heterocycles. The van der Waals surface area contributed by atoms with Crippen molar-refractivity contribution in [2.45, 2.75) is 127 Å². The molecule has 5 rings (SSSR count). The first-order valence-electron chi connectivity index (χ1n) is 13.4. The van der Waals surface area contributed by atoms with Crippen molar-refractivity contribution in [3.8, 4) is 0 Å². The predicted molar refractivity (Wildman–Crippen MR) is 124 cm³/mol. The Morgan fingerprint density at radius 3 is 2.14 bits per heavy atom. The quantitative estimate of drug-likeness (QED) is 0.545. The van der Waals surface area contributed by atoms with Crippen LogP contribution in [-0.2, 0) is 42.6 Å². The zero-order valence-electron chi connectivity index (χ0n) is 22.1. The molecule has 4 heterocycles. The van der Waals surface area contributed by atoms with Crippen LogP contribution in [0.5, 0.6) is 0 Å². The van der Waals surface area contributed by atoms with Gasteiger partial charge in [0.05, 0.1) is 25.4 Å². The van der Waals surface area contributed by atoms with E-state index in [1.165, 1.54) is 12.8 Å². The summed E-state index contributed by atoms with van der Waals surface area (Å²) in [5.41, 5.74) is 0. The molecule has 1 aliphatic carbocycles. The Morgan fingerprint density at radius 2 is 1.40 bits per heavy atom. The van der Waals surface area contributed by atoms with Crippen molar-refractivity contribution >= 4 is 0 Å². The summed E-state index contributed by atoms with van der Waals surface area (Å²) in [6.45, 7) is 8.57. The number of fused-ring (bicyclic) bond motifs is 5. The van der Waals surface area contributed by atoms with Crippen molar-refractivity contribution in [3.05, 3.63) is 0 Å². The molecule has 0 aromatic rings. The second-order valence-corrected chi connectivity index (χ2v) is 11.6. The van der Waals surface area contributed by atoms with Crippen LogP contribution in [-0.4, -0.2) is 88.2 Å². The largest absolute Gasteiger partial charge is 0.384 e. The van der Waals surface area contributed by atoms with Crippen molar-refractivity contribution in [1.29, 1.82) is 0 Å². The van der Waals surface area contributed by atoms with E-state index in [0.717, 1.165) is 25.7 Å². The molecular formula is C26H44O9. The Balaban J connectivity index is 1.31. The molecule has 10 atom stereocenters. The average molecular weight is 501 g/mol. The molecule has 0 N–H and O–H groups in total. The maximum absolute atomic E-state index is 6.58. The van der Waals surface area contributed by atoms with Crippen LogP contribution in [0.1, 0.15) is 66.2 Å². The molecule has 9 nitrogen and oxygen atoms in total. The van der Waals surface area contributed by atoms with Crippen molar-refractivity contribution in [1.82, 2.24) is 0 Å². The summed E-state index contributed by atoms with van der Waals surface area (Å²) in [6.07, 6.45) is 4.61. The standard InChI is InChI=1S/C26H44O9/c1-25(2)32-20-18(30-24-22(21(20)33-25)34-26(3,4)35-24)14-29-23-15-11-9-7-8-10-12-17(28-6)19(31-23)16(15)13-27-5/h15-24H,7-14H2,1-6H3/t15-,16-,17-,18-,19-,20+,21+,22-,23-,24-/m1/s1. The Kier molecular flexibility index (Phi) is 7.82. The van der Waals surface area contributed by atoms with E-state index >= 15 is 0 Å². The third-order valence-electron chi connectivity index (χ3n) is 8.09. The van der Waals surface area contributed by atoms with E-state index in [4.69, 9.17) is 42.6 Å². The van der Waals surface area contributed by atoms with Gasteiger partial charge in [0.1, 0.15) is 24.4 Å². The Hall–Kier alpha value is -0.360. The monoisotopic (exact) mass is 500 g/mol. The lowest BCUT2D eigenvalue weighted by atomic mass is 9.82. The normalized spacial score (nSPS) is 46.8. The number of hydrogen-bond donors (Lipinski definition) is 0. The molecule has 1 saturated carbocycles. The lowest BCUT2D eigenvalue weighted by molar-refractivity contribution is -0.259. The van der Waals surface area contributed by atoms with Gasteiger partial charge < -0.3 is 42.6 Å². The first-order valence-corrected chi connectivity index (χ1v) is 13.4. The molecule has 9 heteroatoms. The van der Waals surface area contributed by atoms with Crippen LogP contribution in [0.4, 0.5) is 0 Å². The minimum absolute atomic E-state index is 0.0408. The SMILES string of the molecule is COC[C@@H]1[C@H]2CCCCCC[C@@H](OC)[C@@H]1O[C@H]2OC[C@H]1O[C@@H]2OC(C)(C)O[C@@H]2[C@H]2OC(C)(C)O[C@H]21. The van der Waals surface area contributed by atoms with Crippen molar-refractivity contribution < 1.29 is 42.6 Å². The molecule has 35 heavy (non-hydrogen) atoms. The number of rotatable bonds is 6. The minimum atomic E-state index is -0.743. The van der Waals surface area contributed by atoms with Gasteiger partial charge in [-0.1, -0.05) is 25.7 Å². The van der Waals surface area contributed by atoms with Gasteiger partial charge in [0, 0.05) is 26.1 Å². The molecule has 5 aliphatic rings. The highest BCUT2D eigenvalue weighted by atomic mass is 16.9. The smallest absolute Gasteiger partial charge is 0.190 e. The van der Waals surface area contributed by atoms with E-state index in [-0.39, 0.29) is 54.7 Å². The minimum Gasteiger partial charge on any atom is -0.384 e. The van der Waals surface area contributed by atoms with Crippen molar-refractivity contribution in [2.24, 2.45) is 11.8 Å². The van der Waals surface area contributed by atoms with Crippen molar-refractivity contribution in [2.75, 3.05) is 27.4 Å². The molecule has 202 valence electrons. The van der Waals surface area contributed by atoms with Crippen LogP contribution in [0.3, 0.4) is 0 Å². The van der Waals surface area contributed by atoms with Gasteiger partial charge in [-0.3, -0.25) is 0 Å². The molecule has 0 amide bonds. The van der Waals surface area contributed by atoms with Gasteiger partial charge >= 0.3 is 0 Å². The average Bonchev–Trinajstić information content (AvgIpc) is 3.40. The summed E-state index contributed by atoms with van der Waals surface area (Å²) in [7, 11) is 3.54. The first-order chi connectivity index (χ1) is 16.7. The lowest BCUT2D eigenvalue weighted by Gasteiger charge is -2.37. The number of methoxy groups -OCH3 is 2. The van der Waals surface area contributed by atoms with Gasteiger partial charge in [-0.05, 0) is 40.5 Å². The van der Waals surface area contributed by atoms with Crippen LogP contribution in [0.2, 0.25) is 0 Å². The van der Waals surface area contributed by atoms with Crippen LogP contribution in [0.25, 0.3) is 0 Å². The van der Waals surface area contributed by atoms with Crippen molar-refractivity contribution in [3.63, 3.8) is 0 Å². The highest BCUT2D eigenvalue weighted by Gasteiger charge is 2.61. The molecule has 4 aliphatic heterocycles. The summed E-state index contributed by atoms with van der Waals surface area (Å²) in [5, 5.41) is 0. The summed E-state index contributed by atoms with van der Waals surface area (Å²) in [6, 6.07) is 0. The topological polar surface area (TPSA) is 83.1 Å². The summed E-state index contributed by atoms with van der Waals surface area (Å²) < 4.78 is 55.6. The molecule has 0 aromatic carbocycles. The van der Waals surface area contributed by atoms with Gasteiger partial charge in [0.25, 0.3) is 0 Å². The molecule has 4 saturated heterocycles. The number of ether oxygens (including phenoxy) is 9. The molecule has 0 spiro atoms. The Morgan fingerprint density at radius 1 is 0.714 bits per heavy atom. The van der Waals surface area contributed by atoms with Gasteiger partial charge in [-0.2, -0.15) is 0 Å². The zero-order chi connectivity index (χ0) is 24.8. The van der Waals surface area contributed by atoms with Gasteiger partial charge in [0.15, 0.2) is 24.2 Å². The maximum Gasteiger partial charge on any atom is 0.190 e. The highest BCUT2D eigenvalue weighted by molar-refractivity contribution is 5.00. The van der Waals surface area contributed by atoms with Crippen LogP contribution >= 0.6 is 0 Å². The van der Waals surface area contributed by atoms with Crippen LogP contribution < -0.4 is 0 Å². The fourth-order valence-corrected chi connectivity index (χ4v) is 6.60. The third kappa shape index (κ3) is 5.45. The fraction of sp³-hybridized carbons (Fsp3) is 1.00. The van der Waals surface area contributed by atoms with Crippen LogP contribution in [0.15, 0.2) is 0 Å². The second-order valence-electron chi connectivity index (χ2n) is 11.6. The van der Waals surface area contributed by atoms with E-state index in [1.54, 1.807) is 14.2 Å². The molecule has 2 bridgehead atoms. The van der Waals surface area contributed by atoms with Crippen LogP contribution in [0, 0.1) is 11.8 Å². The van der Waals surface area contributed by atoms with Gasteiger partial charge in [-0.25, -0.2) is 0 Å². The summed E-state index contributed by atoms with van der Waals surface area (Å²) in [5.74, 6) is -1.00. The molecular weight excluding hydrogens is 456 g/mol. The third-order valence-corrected chi connectivity index (χ3v) is 8.09. The molecule has 5 fully saturated rings. The zero-order valence-corrected chi connectivity index (χ0v) is 22.1. The lowest BCUT2D eigenvalue weighted by Crippen LogP contribution is -2.56. The predicted octanol–water partition coefficient (Wildman–Crippen LogP) is 3.37. The van der Waals surface area contributed by atoms with Gasteiger partial charge in [0.2, 0.25) is 0 Å². The van der Waals surface area contributed by atoms with E-state index in [0.29, 0.717) is 13.2 Å². The Labute approximate surface area is 209 Å². The molecule has 0 radical (unpaired) electrons. The summed E-state index contributed by atoms with van der Waals surface area (Å²) >= 11 is 0. The van der Waals surface area contributed by atoms with E-state index in [1.807, 2.05) is 27.7 Å². The first kappa shape index (κ1) is 26.3. The van der Waals surface area contributed by atoms with E-state index in [9.17, 15) is 0 Å². The van der Waals surface area contributed by atoms with Gasteiger partial charge in [-0.15, -0.1) is 0 Å². The Bertz CT molecular complexity index is 715. The fourth-order valence-electron chi connectivity index (χ4n) is 6.60. The number of hydrogen-bond acceptors (Lipinski definition) is 9. The molecule has 0 unspecified atom stereocenters. The van der Waals surface area contributed by atoms with E-state index < -0.39 is 17.9 Å². The van der Waals surface area contributed by atoms with E-state index in [2.05, 4.69) is 0 Å². The summed E-state index contributed by atoms with van der Waals surface area (Å²) in [4.78, 5) is 0. The highest BCUT2D eigenvalue weighted by Crippen LogP contribution is 2.45. The second kappa shape index (κ2) is 10.4.